The second-order valence-corrected chi connectivity index (χ2v) is 7.25. The van der Waals surface area contributed by atoms with Gasteiger partial charge in [0.05, 0.1) is 11.5 Å². The van der Waals surface area contributed by atoms with Crippen LogP contribution in [0.15, 0.2) is 44.8 Å². The summed E-state index contributed by atoms with van der Waals surface area (Å²) in [7, 11) is -0.841. The molecule has 0 saturated heterocycles. The Hall–Kier alpha value is -2.39. The first-order valence-corrected chi connectivity index (χ1v) is 9.10. The van der Waals surface area contributed by atoms with Crippen LogP contribution < -0.4 is 16.6 Å². The fourth-order valence-corrected chi connectivity index (χ4v) is 3.08. The minimum absolute atomic E-state index is 0.0119. The average Bonchev–Trinajstić information content (AvgIpc) is 2.57. The molecule has 0 amide bonds. The summed E-state index contributed by atoms with van der Waals surface area (Å²) < 4.78 is 31.4. The van der Waals surface area contributed by atoms with E-state index in [0.717, 1.165) is 10.1 Å². The van der Waals surface area contributed by atoms with Gasteiger partial charge >= 0.3 is 5.69 Å². The third-order valence-corrected chi connectivity index (χ3v) is 5.03. The molecule has 9 heteroatoms. The Balaban J connectivity index is 1.89. The Morgan fingerprint density at radius 2 is 1.72 bits per heavy atom. The van der Waals surface area contributed by atoms with Gasteiger partial charge in [0, 0.05) is 26.7 Å². The highest BCUT2D eigenvalue weighted by molar-refractivity contribution is 7.86. The topological polar surface area (TPSA) is 99.4 Å². The minimum Gasteiger partial charge on any atom is -0.371 e. The first-order chi connectivity index (χ1) is 11.7. The molecule has 2 rings (SSSR count). The average molecular weight is 367 g/mol. The first-order valence-electron chi connectivity index (χ1n) is 7.69. The highest BCUT2D eigenvalue weighted by atomic mass is 32.2. The van der Waals surface area contributed by atoms with Crippen LogP contribution in [0.25, 0.3) is 0 Å². The number of aryl methyl sites for hydroxylation is 1. The molecule has 0 fully saturated rings. The van der Waals surface area contributed by atoms with Crippen molar-refractivity contribution < 1.29 is 12.6 Å². The van der Waals surface area contributed by atoms with Crippen molar-refractivity contribution in [3.8, 4) is 0 Å². The quantitative estimate of drug-likeness (QED) is 0.568. The van der Waals surface area contributed by atoms with Crippen LogP contribution >= 0.6 is 0 Å². The molecule has 1 heterocycles. The summed E-state index contributed by atoms with van der Waals surface area (Å²) in [6, 6.07) is 7.71. The number of hydrogen-bond acceptors (Lipinski definition) is 6. The number of nitrogens with zero attached hydrogens (tertiary/aromatic N) is 2. The summed E-state index contributed by atoms with van der Waals surface area (Å²) in [6.45, 7) is 2.21. The van der Waals surface area contributed by atoms with E-state index in [2.05, 4.69) is 5.32 Å². The molecule has 0 atom stereocenters. The number of anilines is 1. The van der Waals surface area contributed by atoms with Gasteiger partial charge in [0.1, 0.15) is 5.82 Å². The number of hydrogen-bond donors (Lipinski definition) is 1. The van der Waals surface area contributed by atoms with Crippen LogP contribution in [0.1, 0.15) is 12.0 Å². The smallest absolute Gasteiger partial charge is 0.332 e. The summed E-state index contributed by atoms with van der Waals surface area (Å²) in [4.78, 5) is 23.5. The van der Waals surface area contributed by atoms with Crippen LogP contribution in [0.3, 0.4) is 0 Å². The van der Waals surface area contributed by atoms with Crippen molar-refractivity contribution in [3.05, 3.63) is 56.7 Å². The molecule has 0 saturated carbocycles. The summed E-state index contributed by atoms with van der Waals surface area (Å²) >= 11 is 0. The molecule has 2 aromatic rings. The van der Waals surface area contributed by atoms with Crippen molar-refractivity contribution in [1.29, 1.82) is 0 Å². The van der Waals surface area contributed by atoms with E-state index < -0.39 is 21.4 Å². The molecule has 0 unspecified atom stereocenters. The lowest BCUT2D eigenvalue weighted by molar-refractivity contribution is 0.316. The standard InChI is InChI=1S/C16H21N3O5S/c1-12-5-7-13(8-6-12)25(22,23)24-10-4-9-17-14-11-15(20)19(3)16(21)18(14)2/h5-8,11,17H,4,9-10H2,1-3H3. The lowest BCUT2D eigenvalue weighted by atomic mass is 10.2. The summed E-state index contributed by atoms with van der Waals surface area (Å²) in [5, 5.41) is 2.93. The molecule has 0 aliphatic heterocycles. The zero-order valence-corrected chi connectivity index (χ0v) is 15.2. The molecular weight excluding hydrogens is 346 g/mol. The monoisotopic (exact) mass is 367 g/mol. The number of aromatic nitrogens is 2. The van der Waals surface area contributed by atoms with E-state index in [0.29, 0.717) is 18.8 Å². The van der Waals surface area contributed by atoms with Gasteiger partial charge in [-0.2, -0.15) is 8.42 Å². The van der Waals surface area contributed by atoms with Crippen molar-refractivity contribution in [2.24, 2.45) is 14.1 Å². The molecule has 1 aromatic carbocycles. The molecule has 0 spiro atoms. The van der Waals surface area contributed by atoms with Crippen molar-refractivity contribution in [2.75, 3.05) is 18.5 Å². The van der Waals surface area contributed by atoms with Gasteiger partial charge in [-0.1, -0.05) is 17.7 Å². The Morgan fingerprint density at radius 3 is 2.36 bits per heavy atom. The van der Waals surface area contributed by atoms with Gasteiger partial charge in [-0.3, -0.25) is 18.1 Å². The third kappa shape index (κ3) is 4.58. The van der Waals surface area contributed by atoms with Gasteiger partial charge in [0.15, 0.2) is 0 Å². The summed E-state index contributed by atoms with van der Waals surface area (Å²) in [6.07, 6.45) is 0.383. The SMILES string of the molecule is Cc1ccc(S(=O)(=O)OCCCNc2cc(=O)n(C)c(=O)n2C)cc1. The second-order valence-electron chi connectivity index (χ2n) is 5.64. The number of nitrogens with one attached hydrogen (secondary N) is 1. The first kappa shape index (κ1) is 18.9. The fourth-order valence-electron chi connectivity index (χ4n) is 2.13. The highest BCUT2D eigenvalue weighted by Gasteiger charge is 2.14. The molecule has 0 aliphatic rings. The highest BCUT2D eigenvalue weighted by Crippen LogP contribution is 2.13. The Labute approximate surface area is 145 Å². The molecule has 25 heavy (non-hydrogen) atoms. The minimum atomic E-state index is -3.79. The van der Waals surface area contributed by atoms with Crippen LogP contribution in [-0.4, -0.2) is 30.7 Å². The predicted octanol–water partition coefficient (Wildman–Crippen LogP) is 0.600. The van der Waals surface area contributed by atoms with E-state index in [1.54, 1.807) is 19.2 Å². The largest absolute Gasteiger partial charge is 0.371 e. The molecule has 1 aromatic heterocycles. The van der Waals surface area contributed by atoms with Gasteiger partial charge in [-0.25, -0.2) is 4.79 Å². The van der Waals surface area contributed by atoms with Gasteiger partial charge in [-0.15, -0.1) is 0 Å². The Kier molecular flexibility index (Phi) is 5.81. The summed E-state index contributed by atoms with van der Waals surface area (Å²) in [5.41, 5.74) is 0.111. The van der Waals surface area contributed by atoms with Crippen molar-refractivity contribution in [2.45, 2.75) is 18.2 Å². The van der Waals surface area contributed by atoms with Crippen LogP contribution in [0.5, 0.6) is 0 Å². The van der Waals surface area contributed by atoms with Gasteiger partial charge in [0.2, 0.25) is 0 Å². The maximum absolute atomic E-state index is 12.0. The normalized spacial score (nSPS) is 11.5. The van der Waals surface area contributed by atoms with Crippen LogP contribution in [0.4, 0.5) is 5.82 Å². The molecular formula is C16H21N3O5S. The fraction of sp³-hybridized carbons (Fsp3) is 0.375. The van der Waals surface area contributed by atoms with Crippen LogP contribution in [-0.2, 0) is 28.4 Å². The van der Waals surface area contributed by atoms with E-state index in [1.807, 2.05) is 6.92 Å². The number of benzene rings is 1. The summed E-state index contributed by atoms with van der Waals surface area (Å²) in [5.74, 6) is 0.370. The Bertz CT molecular complexity index is 959. The van der Waals surface area contributed by atoms with Crippen LogP contribution in [0.2, 0.25) is 0 Å². The zero-order chi connectivity index (χ0) is 18.6. The van der Waals surface area contributed by atoms with E-state index >= 15 is 0 Å². The van der Waals surface area contributed by atoms with Crippen LogP contribution in [0, 0.1) is 6.92 Å². The molecule has 0 radical (unpaired) electrons. The predicted molar refractivity (Wildman–Crippen MR) is 94.3 cm³/mol. The van der Waals surface area contributed by atoms with E-state index in [-0.39, 0.29) is 11.5 Å². The second kappa shape index (κ2) is 7.66. The molecule has 1 N–H and O–H groups in total. The van der Waals surface area contributed by atoms with E-state index in [4.69, 9.17) is 4.18 Å². The van der Waals surface area contributed by atoms with E-state index in [9.17, 15) is 18.0 Å². The van der Waals surface area contributed by atoms with Gasteiger partial charge < -0.3 is 5.32 Å². The van der Waals surface area contributed by atoms with Crippen molar-refractivity contribution in [1.82, 2.24) is 9.13 Å². The van der Waals surface area contributed by atoms with Gasteiger partial charge in [0.25, 0.3) is 15.7 Å². The molecule has 136 valence electrons. The lowest BCUT2D eigenvalue weighted by Gasteiger charge is -2.11. The lowest BCUT2D eigenvalue weighted by Crippen LogP contribution is -2.37. The van der Waals surface area contributed by atoms with Gasteiger partial charge in [-0.05, 0) is 25.5 Å². The van der Waals surface area contributed by atoms with Crippen molar-refractivity contribution >= 4 is 15.9 Å². The van der Waals surface area contributed by atoms with E-state index in [1.165, 1.54) is 29.8 Å². The number of rotatable bonds is 7. The Morgan fingerprint density at radius 1 is 1.08 bits per heavy atom. The maximum Gasteiger partial charge on any atom is 0.332 e. The third-order valence-electron chi connectivity index (χ3n) is 3.70. The molecule has 0 bridgehead atoms. The molecule has 0 aliphatic carbocycles. The van der Waals surface area contributed by atoms with Crippen molar-refractivity contribution in [3.63, 3.8) is 0 Å². The zero-order valence-electron chi connectivity index (χ0n) is 14.4. The maximum atomic E-state index is 12.0. The molecule has 8 nitrogen and oxygen atoms in total.